The molecule has 2 aliphatic rings. The van der Waals surface area contributed by atoms with Gasteiger partial charge in [0.1, 0.15) is 5.25 Å². The van der Waals surface area contributed by atoms with Gasteiger partial charge in [0.2, 0.25) is 0 Å². The predicted molar refractivity (Wildman–Crippen MR) is 110 cm³/mol. The van der Waals surface area contributed by atoms with Crippen molar-refractivity contribution in [2.24, 2.45) is 0 Å². The molecular formula is C20H21BrN2O3S. The minimum Gasteiger partial charge on any atom is -0.465 e. The van der Waals surface area contributed by atoms with Crippen molar-refractivity contribution >= 4 is 44.6 Å². The molecule has 0 spiro atoms. The molecule has 2 aromatic rings. The molecule has 1 aliphatic carbocycles. The summed E-state index contributed by atoms with van der Waals surface area (Å²) in [6.07, 6.45) is 8.52. The van der Waals surface area contributed by atoms with Crippen LogP contribution in [0.4, 0.5) is 0 Å². The van der Waals surface area contributed by atoms with Gasteiger partial charge < -0.3 is 4.74 Å². The molecule has 1 unspecified atom stereocenters. The van der Waals surface area contributed by atoms with Crippen LogP contribution in [0.5, 0.6) is 0 Å². The van der Waals surface area contributed by atoms with Crippen molar-refractivity contribution in [1.29, 1.82) is 0 Å². The standard InChI is InChI=1S/C20H21BrN2O3S/c21-14-6-7-16-15(12-14)18(24)23(10-8-13-4-2-1-3-5-13)20(22-16)27-17-9-11-26-19(17)25/h4,6-7,12,17H,1-3,5,8-11H2. The smallest absolute Gasteiger partial charge is 0.319 e. The zero-order valence-electron chi connectivity index (χ0n) is 14.9. The van der Waals surface area contributed by atoms with Gasteiger partial charge in [0.25, 0.3) is 5.56 Å². The van der Waals surface area contributed by atoms with E-state index in [1.54, 1.807) is 4.57 Å². The van der Waals surface area contributed by atoms with Crippen LogP contribution in [0.3, 0.4) is 0 Å². The average molecular weight is 449 g/mol. The summed E-state index contributed by atoms with van der Waals surface area (Å²) in [5.41, 5.74) is 2.02. The van der Waals surface area contributed by atoms with Gasteiger partial charge in [0.05, 0.1) is 17.5 Å². The van der Waals surface area contributed by atoms with Gasteiger partial charge in [0, 0.05) is 17.4 Å². The molecule has 1 aliphatic heterocycles. The Morgan fingerprint density at radius 2 is 2.19 bits per heavy atom. The summed E-state index contributed by atoms with van der Waals surface area (Å²) < 4.78 is 7.67. The molecule has 0 amide bonds. The summed E-state index contributed by atoms with van der Waals surface area (Å²) in [5.74, 6) is -0.216. The molecule has 27 heavy (non-hydrogen) atoms. The van der Waals surface area contributed by atoms with Crippen molar-refractivity contribution in [2.75, 3.05) is 6.61 Å². The number of carbonyl (C=O) groups excluding carboxylic acids is 1. The van der Waals surface area contributed by atoms with Gasteiger partial charge in [-0.2, -0.15) is 0 Å². The van der Waals surface area contributed by atoms with Crippen molar-refractivity contribution in [3.05, 3.63) is 44.7 Å². The zero-order chi connectivity index (χ0) is 18.8. The Hall–Kier alpha value is -1.60. The summed E-state index contributed by atoms with van der Waals surface area (Å²) in [6.45, 7) is 1.03. The molecule has 2 heterocycles. The van der Waals surface area contributed by atoms with Gasteiger partial charge in [-0.25, -0.2) is 4.98 Å². The molecule has 0 saturated carbocycles. The fraction of sp³-hybridized carbons (Fsp3) is 0.450. The second-order valence-corrected chi connectivity index (χ2v) is 9.02. The molecule has 1 aromatic carbocycles. The predicted octanol–water partition coefficient (Wildman–Crippen LogP) is 4.46. The number of hydrogen-bond acceptors (Lipinski definition) is 5. The Bertz CT molecular complexity index is 970. The summed E-state index contributed by atoms with van der Waals surface area (Å²) in [6, 6.07) is 5.54. The number of aromatic nitrogens is 2. The van der Waals surface area contributed by atoms with Crippen LogP contribution in [0, 0.1) is 0 Å². The molecule has 142 valence electrons. The maximum Gasteiger partial charge on any atom is 0.319 e. The lowest BCUT2D eigenvalue weighted by molar-refractivity contribution is -0.137. The Labute approximate surface area is 170 Å². The van der Waals surface area contributed by atoms with E-state index in [2.05, 4.69) is 22.0 Å². The average Bonchev–Trinajstić information content (AvgIpc) is 3.08. The third-order valence-corrected chi connectivity index (χ3v) is 6.79. The Morgan fingerprint density at radius 1 is 1.30 bits per heavy atom. The highest BCUT2D eigenvalue weighted by Crippen LogP contribution is 2.30. The number of hydrogen-bond donors (Lipinski definition) is 0. The number of halogens is 1. The van der Waals surface area contributed by atoms with Gasteiger partial charge in [-0.1, -0.05) is 39.3 Å². The lowest BCUT2D eigenvalue weighted by atomic mass is 9.97. The normalized spacial score (nSPS) is 20.0. The summed E-state index contributed by atoms with van der Waals surface area (Å²) in [4.78, 5) is 29.8. The fourth-order valence-electron chi connectivity index (χ4n) is 3.56. The van der Waals surface area contributed by atoms with Gasteiger partial charge in [0.15, 0.2) is 5.16 Å². The number of esters is 1. The van der Waals surface area contributed by atoms with Crippen LogP contribution >= 0.6 is 27.7 Å². The fourth-order valence-corrected chi connectivity index (χ4v) is 5.01. The van der Waals surface area contributed by atoms with Gasteiger partial charge >= 0.3 is 5.97 Å². The molecular weight excluding hydrogens is 428 g/mol. The largest absolute Gasteiger partial charge is 0.465 e. The van der Waals surface area contributed by atoms with Gasteiger partial charge in [-0.15, -0.1) is 0 Å². The maximum atomic E-state index is 13.2. The van der Waals surface area contributed by atoms with Crippen molar-refractivity contribution in [3.63, 3.8) is 0 Å². The SMILES string of the molecule is O=C1OCCC1Sc1nc2ccc(Br)cc2c(=O)n1CCC1=CCCCC1. The number of ether oxygens (including phenoxy) is 1. The molecule has 5 nitrogen and oxygen atoms in total. The maximum absolute atomic E-state index is 13.2. The van der Waals surface area contributed by atoms with Crippen molar-refractivity contribution < 1.29 is 9.53 Å². The van der Waals surface area contributed by atoms with E-state index in [4.69, 9.17) is 9.72 Å². The number of benzene rings is 1. The van der Waals surface area contributed by atoms with E-state index in [1.807, 2.05) is 18.2 Å². The summed E-state index contributed by atoms with van der Waals surface area (Å²) in [7, 11) is 0. The molecule has 4 rings (SSSR count). The molecule has 1 fully saturated rings. The quantitative estimate of drug-likeness (QED) is 0.383. The molecule has 0 bridgehead atoms. The van der Waals surface area contributed by atoms with E-state index in [9.17, 15) is 9.59 Å². The highest BCUT2D eigenvalue weighted by Gasteiger charge is 2.29. The first-order chi connectivity index (χ1) is 13.1. The third-order valence-electron chi connectivity index (χ3n) is 5.06. The van der Waals surface area contributed by atoms with Crippen LogP contribution in [0.1, 0.15) is 38.5 Å². The third kappa shape index (κ3) is 4.14. The Kier molecular flexibility index (Phi) is 5.68. The first kappa shape index (κ1) is 18.7. The number of cyclic esters (lactones) is 1. The number of nitrogens with zero attached hydrogens (tertiary/aromatic N) is 2. The van der Waals surface area contributed by atoms with Crippen molar-refractivity contribution in [2.45, 2.75) is 55.5 Å². The molecule has 1 atom stereocenters. The number of carbonyl (C=O) groups is 1. The zero-order valence-corrected chi connectivity index (χ0v) is 17.4. The highest BCUT2D eigenvalue weighted by atomic mass is 79.9. The topological polar surface area (TPSA) is 61.2 Å². The van der Waals surface area contributed by atoms with Crippen molar-refractivity contribution in [1.82, 2.24) is 9.55 Å². The number of allylic oxidation sites excluding steroid dienone is 2. The van der Waals surface area contributed by atoms with Crippen LogP contribution in [-0.2, 0) is 16.1 Å². The van der Waals surface area contributed by atoms with Crippen molar-refractivity contribution in [3.8, 4) is 0 Å². The first-order valence-electron chi connectivity index (χ1n) is 9.33. The number of fused-ring (bicyclic) bond motifs is 1. The van der Waals surface area contributed by atoms with E-state index < -0.39 is 0 Å². The summed E-state index contributed by atoms with van der Waals surface area (Å²) in [5, 5.41) is 0.917. The highest BCUT2D eigenvalue weighted by molar-refractivity contribution is 9.10. The van der Waals surface area contributed by atoms with Crippen LogP contribution in [-0.4, -0.2) is 27.4 Å². The van der Waals surface area contributed by atoms with Crippen LogP contribution in [0.2, 0.25) is 0 Å². The number of rotatable bonds is 5. The first-order valence-corrected chi connectivity index (χ1v) is 11.0. The molecule has 7 heteroatoms. The molecule has 0 N–H and O–H groups in total. The Morgan fingerprint density at radius 3 is 2.93 bits per heavy atom. The number of thioether (sulfide) groups is 1. The van der Waals surface area contributed by atoms with Crippen LogP contribution in [0.25, 0.3) is 10.9 Å². The second kappa shape index (κ2) is 8.19. The molecule has 0 radical (unpaired) electrons. The van der Waals surface area contributed by atoms with E-state index in [1.165, 1.54) is 30.2 Å². The monoisotopic (exact) mass is 448 g/mol. The Balaban J connectivity index is 1.71. The summed E-state index contributed by atoms with van der Waals surface area (Å²) >= 11 is 4.79. The minimum absolute atomic E-state index is 0.0495. The van der Waals surface area contributed by atoms with E-state index in [-0.39, 0.29) is 16.8 Å². The minimum atomic E-state index is -0.287. The van der Waals surface area contributed by atoms with E-state index in [0.29, 0.717) is 35.6 Å². The van der Waals surface area contributed by atoms with Gasteiger partial charge in [-0.3, -0.25) is 14.2 Å². The molecule has 1 saturated heterocycles. The van der Waals surface area contributed by atoms with Crippen LogP contribution in [0.15, 0.2) is 44.3 Å². The van der Waals surface area contributed by atoms with Crippen LogP contribution < -0.4 is 5.56 Å². The van der Waals surface area contributed by atoms with E-state index in [0.717, 1.165) is 23.7 Å². The second-order valence-electron chi connectivity index (χ2n) is 6.93. The lowest BCUT2D eigenvalue weighted by Gasteiger charge is -2.17. The molecule has 1 aromatic heterocycles. The van der Waals surface area contributed by atoms with E-state index >= 15 is 0 Å². The lowest BCUT2D eigenvalue weighted by Crippen LogP contribution is -2.25. The van der Waals surface area contributed by atoms with Gasteiger partial charge in [-0.05, 0) is 50.3 Å².